The van der Waals surface area contributed by atoms with Gasteiger partial charge in [0.15, 0.2) is 5.78 Å². The SMILES string of the molecule is C/C(=C\C1=C(Cl)C(=O)c2ccccc2C1=O)C(=O)NCCCCCCNC(=O)CCCCCC1NC(=O)N[C@H]1C. The van der Waals surface area contributed by atoms with Gasteiger partial charge in [-0.1, -0.05) is 61.5 Å². The molecule has 1 aliphatic carbocycles. The van der Waals surface area contributed by atoms with Gasteiger partial charge in [-0.05, 0) is 45.6 Å². The van der Waals surface area contributed by atoms with Crippen molar-refractivity contribution < 1.29 is 24.0 Å². The quantitative estimate of drug-likeness (QED) is 0.184. The van der Waals surface area contributed by atoms with E-state index < -0.39 is 5.78 Å². The molecule has 0 saturated carbocycles. The number of carbonyl (C=O) groups excluding carboxylic acids is 5. The van der Waals surface area contributed by atoms with Gasteiger partial charge in [0, 0.05) is 47.8 Å². The van der Waals surface area contributed by atoms with Crippen LogP contribution in [-0.4, -0.2) is 54.6 Å². The first-order valence-corrected chi connectivity index (χ1v) is 14.4. The largest absolute Gasteiger partial charge is 0.356 e. The maximum atomic E-state index is 12.8. The molecule has 1 heterocycles. The maximum Gasteiger partial charge on any atom is 0.315 e. The molecule has 1 saturated heterocycles. The summed E-state index contributed by atoms with van der Waals surface area (Å²) in [6, 6.07) is 6.71. The van der Waals surface area contributed by atoms with E-state index in [0.717, 1.165) is 51.4 Å². The number of rotatable bonds is 15. The number of benzene rings is 1. The second-order valence-corrected chi connectivity index (χ2v) is 10.8. The highest BCUT2D eigenvalue weighted by Crippen LogP contribution is 2.29. The van der Waals surface area contributed by atoms with Crippen molar-refractivity contribution in [3.05, 3.63) is 57.6 Å². The summed E-state index contributed by atoms with van der Waals surface area (Å²) in [4.78, 5) is 61.1. The lowest BCUT2D eigenvalue weighted by Crippen LogP contribution is -2.30. The Hall–Kier alpha value is -3.46. The van der Waals surface area contributed by atoms with Gasteiger partial charge in [0.1, 0.15) is 0 Å². The van der Waals surface area contributed by atoms with E-state index >= 15 is 0 Å². The van der Waals surface area contributed by atoms with Crippen molar-refractivity contribution in [1.29, 1.82) is 0 Å². The molecule has 10 heteroatoms. The number of amides is 4. The molecule has 2 atom stereocenters. The third kappa shape index (κ3) is 8.78. The highest BCUT2D eigenvalue weighted by molar-refractivity contribution is 6.50. The zero-order valence-corrected chi connectivity index (χ0v) is 24.0. The van der Waals surface area contributed by atoms with Crippen molar-refractivity contribution in [2.75, 3.05) is 13.1 Å². The van der Waals surface area contributed by atoms with Gasteiger partial charge in [0.05, 0.1) is 11.1 Å². The van der Waals surface area contributed by atoms with Crippen LogP contribution in [0.2, 0.25) is 0 Å². The highest BCUT2D eigenvalue weighted by Gasteiger charge is 2.30. The summed E-state index contributed by atoms with van der Waals surface area (Å²) in [5.41, 5.74) is 0.888. The van der Waals surface area contributed by atoms with E-state index in [-0.39, 0.29) is 57.4 Å². The topological polar surface area (TPSA) is 133 Å². The number of allylic oxidation sites excluding steroid dienone is 3. The Morgan fingerprint density at radius 3 is 2.15 bits per heavy atom. The lowest BCUT2D eigenvalue weighted by atomic mass is 9.88. The van der Waals surface area contributed by atoms with Crippen molar-refractivity contribution in [1.82, 2.24) is 21.3 Å². The van der Waals surface area contributed by atoms with E-state index in [1.54, 1.807) is 31.2 Å². The molecule has 2 aliphatic rings. The molecule has 0 bridgehead atoms. The molecule has 1 aliphatic heterocycles. The molecule has 1 fully saturated rings. The lowest BCUT2D eigenvalue weighted by molar-refractivity contribution is -0.121. The Labute approximate surface area is 240 Å². The van der Waals surface area contributed by atoms with Crippen LogP contribution in [0.4, 0.5) is 4.79 Å². The van der Waals surface area contributed by atoms with Crippen LogP contribution in [0.15, 0.2) is 46.5 Å². The van der Waals surface area contributed by atoms with Crippen LogP contribution in [0.3, 0.4) is 0 Å². The van der Waals surface area contributed by atoms with Gasteiger partial charge in [-0.2, -0.15) is 0 Å². The van der Waals surface area contributed by atoms with Crippen molar-refractivity contribution in [3.63, 3.8) is 0 Å². The molecule has 9 nitrogen and oxygen atoms in total. The fraction of sp³-hybridized carbons (Fsp3) is 0.500. The minimum Gasteiger partial charge on any atom is -0.356 e. The third-order valence-corrected chi connectivity index (χ3v) is 7.60. The number of fused-ring (bicyclic) bond motifs is 1. The van der Waals surface area contributed by atoms with Crippen LogP contribution < -0.4 is 21.3 Å². The van der Waals surface area contributed by atoms with Crippen molar-refractivity contribution in [3.8, 4) is 0 Å². The summed E-state index contributed by atoms with van der Waals surface area (Å²) in [5, 5.41) is 11.4. The van der Waals surface area contributed by atoms with Crippen molar-refractivity contribution >= 4 is 41.0 Å². The van der Waals surface area contributed by atoms with Gasteiger partial charge in [-0.25, -0.2) is 4.79 Å². The molecule has 40 heavy (non-hydrogen) atoms. The van der Waals surface area contributed by atoms with Gasteiger partial charge in [-0.15, -0.1) is 0 Å². The van der Waals surface area contributed by atoms with E-state index in [1.165, 1.54) is 6.08 Å². The monoisotopic (exact) mass is 570 g/mol. The number of Topliss-reactive ketones (excluding diaryl/α,β-unsaturated/α-hetero) is 2. The van der Waals surface area contributed by atoms with E-state index in [0.29, 0.717) is 25.1 Å². The normalized spacial score (nSPS) is 18.8. The van der Waals surface area contributed by atoms with Crippen LogP contribution in [-0.2, 0) is 9.59 Å². The molecule has 4 amide bonds. The first kappa shape index (κ1) is 31.1. The van der Waals surface area contributed by atoms with Gasteiger partial charge in [0.2, 0.25) is 17.6 Å². The Bertz CT molecular complexity index is 1190. The van der Waals surface area contributed by atoms with Crippen molar-refractivity contribution in [2.45, 2.75) is 83.7 Å². The summed E-state index contributed by atoms with van der Waals surface area (Å²) >= 11 is 6.17. The van der Waals surface area contributed by atoms with Crippen LogP contribution in [0.25, 0.3) is 0 Å². The number of hydrogen-bond acceptors (Lipinski definition) is 5. The average Bonchev–Trinajstić information content (AvgIpc) is 3.26. The number of unbranched alkanes of at least 4 members (excludes halogenated alkanes) is 5. The number of halogens is 1. The van der Waals surface area contributed by atoms with Crippen LogP contribution >= 0.6 is 11.6 Å². The maximum absolute atomic E-state index is 12.8. The summed E-state index contributed by atoms with van der Waals surface area (Å²) in [6.07, 6.45) is 9.08. The predicted molar refractivity (Wildman–Crippen MR) is 154 cm³/mol. The van der Waals surface area contributed by atoms with E-state index in [9.17, 15) is 24.0 Å². The standard InChI is InChI=1S/C30H39ClN4O5/c1-19(18-23-26(31)28(38)22-13-9-8-12-21(22)27(23)37)29(39)33-17-11-4-3-10-16-32-25(36)15-7-5-6-14-24-20(2)34-30(40)35-24/h8-9,12-13,18,20,24H,3-7,10-11,14-17H2,1-2H3,(H,32,36)(H,33,39)(H2,34,35,40)/b19-18+/t20-,24?/m0/s1. The molecule has 1 aromatic rings. The van der Waals surface area contributed by atoms with Gasteiger partial charge < -0.3 is 21.3 Å². The van der Waals surface area contributed by atoms with Crippen LogP contribution in [0.5, 0.6) is 0 Å². The Morgan fingerprint density at radius 2 is 1.50 bits per heavy atom. The summed E-state index contributed by atoms with van der Waals surface area (Å²) < 4.78 is 0. The van der Waals surface area contributed by atoms with Gasteiger partial charge >= 0.3 is 6.03 Å². The highest BCUT2D eigenvalue weighted by atomic mass is 35.5. The minimum atomic E-state index is -0.424. The van der Waals surface area contributed by atoms with Crippen molar-refractivity contribution in [2.24, 2.45) is 0 Å². The Kier molecular flexibility index (Phi) is 11.9. The fourth-order valence-electron chi connectivity index (χ4n) is 4.83. The number of carbonyl (C=O) groups is 5. The number of urea groups is 1. The van der Waals surface area contributed by atoms with E-state index in [2.05, 4.69) is 21.3 Å². The number of nitrogens with one attached hydrogen (secondary N) is 4. The number of hydrogen-bond donors (Lipinski definition) is 4. The lowest BCUT2D eigenvalue weighted by Gasteiger charge is -2.16. The smallest absolute Gasteiger partial charge is 0.315 e. The molecule has 1 aromatic carbocycles. The number of ketones is 2. The molecule has 0 spiro atoms. The average molecular weight is 571 g/mol. The summed E-state index contributed by atoms with van der Waals surface area (Å²) in [7, 11) is 0. The molecular weight excluding hydrogens is 532 g/mol. The Morgan fingerprint density at radius 1 is 0.875 bits per heavy atom. The zero-order valence-electron chi connectivity index (χ0n) is 23.2. The van der Waals surface area contributed by atoms with Gasteiger partial charge in [-0.3, -0.25) is 19.2 Å². The van der Waals surface area contributed by atoms with Crippen LogP contribution in [0.1, 0.15) is 92.4 Å². The second kappa shape index (κ2) is 15.4. The minimum absolute atomic E-state index is 0.0336. The summed E-state index contributed by atoms with van der Waals surface area (Å²) in [6.45, 7) is 4.70. The molecule has 1 unspecified atom stereocenters. The molecular formula is C30H39ClN4O5. The second-order valence-electron chi connectivity index (χ2n) is 10.4. The van der Waals surface area contributed by atoms with E-state index in [1.807, 2.05) is 6.92 Å². The fourth-order valence-corrected chi connectivity index (χ4v) is 5.07. The Balaban J connectivity index is 1.23. The molecule has 0 aromatic heterocycles. The van der Waals surface area contributed by atoms with Crippen LogP contribution in [0, 0.1) is 0 Å². The molecule has 4 N–H and O–H groups in total. The molecule has 216 valence electrons. The molecule has 3 rings (SSSR count). The van der Waals surface area contributed by atoms with Gasteiger partial charge in [0.25, 0.3) is 0 Å². The first-order chi connectivity index (χ1) is 19.2. The molecule has 0 radical (unpaired) electrons. The third-order valence-electron chi connectivity index (χ3n) is 7.22. The first-order valence-electron chi connectivity index (χ1n) is 14.1. The zero-order chi connectivity index (χ0) is 29.1. The summed E-state index contributed by atoms with van der Waals surface area (Å²) in [5.74, 6) is -1.05. The predicted octanol–water partition coefficient (Wildman–Crippen LogP) is 4.32. The van der Waals surface area contributed by atoms with E-state index in [4.69, 9.17) is 11.6 Å².